The lowest BCUT2D eigenvalue weighted by Crippen LogP contribution is -2.13. The zero-order chi connectivity index (χ0) is 27.0. The Balaban J connectivity index is 1.32. The van der Waals surface area contributed by atoms with Crippen LogP contribution in [0.1, 0.15) is 99.9 Å². The molecule has 38 heavy (non-hydrogen) atoms. The molecule has 6 heteroatoms. The summed E-state index contributed by atoms with van der Waals surface area (Å²) in [5, 5.41) is 0. The van der Waals surface area contributed by atoms with Crippen LogP contribution < -0.4 is 9.47 Å². The number of carbonyl (C=O) groups excluding carboxylic acids is 2. The van der Waals surface area contributed by atoms with Crippen LogP contribution in [0.4, 0.5) is 0 Å². The number of unbranched alkanes of at least 4 members (excludes halogenated alkanes) is 2. The second-order valence-electron chi connectivity index (χ2n) is 10.1. The van der Waals surface area contributed by atoms with Crippen molar-refractivity contribution in [1.29, 1.82) is 0 Å². The van der Waals surface area contributed by atoms with Crippen molar-refractivity contribution in [2.45, 2.75) is 84.0 Å². The van der Waals surface area contributed by atoms with Gasteiger partial charge in [0.2, 0.25) is 0 Å². The third kappa shape index (κ3) is 10.5. The van der Waals surface area contributed by atoms with E-state index in [1.54, 1.807) is 24.3 Å². The van der Waals surface area contributed by atoms with Gasteiger partial charge in [0, 0.05) is 13.0 Å². The van der Waals surface area contributed by atoms with E-state index in [0.29, 0.717) is 55.8 Å². The summed E-state index contributed by atoms with van der Waals surface area (Å²) in [6.07, 6.45) is 10.7. The third-order valence-corrected chi connectivity index (χ3v) is 7.18. The molecule has 2 aromatic rings. The van der Waals surface area contributed by atoms with Crippen molar-refractivity contribution in [3.05, 3.63) is 59.7 Å². The second-order valence-corrected chi connectivity index (χ2v) is 10.1. The van der Waals surface area contributed by atoms with E-state index in [9.17, 15) is 9.59 Å². The van der Waals surface area contributed by atoms with Gasteiger partial charge in [-0.1, -0.05) is 31.9 Å². The Labute approximate surface area is 228 Å². The minimum Gasteiger partial charge on any atom is -0.494 e. The Bertz CT molecular complexity index is 945. The van der Waals surface area contributed by atoms with E-state index in [0.717, 1.165) is 25.2 Å². The van der Waals surface area contributed by atoms with E-state index in [2.05, 4.69) is 19.1 Å². The van der Waals surface area contributed by atoms with Gasteiger partial charge in [0.25, 0.3) is 0 Å². The summed E-state index contributed by atoms with van der Waals surface area (Å²) in [5.41, 5.74) is 1.83. The van der Waals surface area contributed by atoms with E-state index < -0.39 is 0 Å². The summed E-state index contributed by atoms with van der Waals surface area (Å²) in [6, 6.07) is 15.0. The van der Waals surface area contributed by atoms with Crippen molar-refractivity contribution in [3.8, 4) is 11.5 Å². The summed E-state index contributed by atoms with van der Waals surface area (Å²) in [7, 11) is 0. The molecule has 0 saturated heterocycles. The van der Waals surface area contributed by atoms with Crippen LogP contribution in [0.15, 0.2) is 48.5 Å². The average molecular weight is 525 g/mol. The molecule has 1 saturated carbocycles. The van der Waals surface area contributed by atoms with Crippen LogP contribution in [0.2, 0.25) is 0 Å². The Morgan fingerprint density at radius 1 is 0.789 bits per heavy atom. The van der Waals surface area contributed by atoms with E-state index in [4.69, 9.17) is 18.9 Å². The van der Waals surface area contributed by atoms with Crippen LogP contribution in [0.25, 0.3) is 0 Å². The first-order valence-electron chi connectivity index (χ1n) is 14.4. The Morgan fingerprint density at radius 3 is 2.18 bits per heavy atom. The molecule has 0 unspecified atom stereocenters. The highest BCUT2D eigenvalue weighted by molar-refractivity contribution is 5.91. The fourth-order valence-electron chi connectivity index (χ4n) is 5.02. The first kappa shape index (κ1) is 29.7. The van der Waals surface area contributed by atoms with Gasteiger partial charge in [-0.05, 0) is 106 Å². The van der Waals surface area contributed by atoms with Gasteiger partial charge in [0.15, 0.2) is 0 Å². The molecular formula is C32H44O6. The molecular weight excluding hydrogens is 480 g/mol. The van der Waals surface area contributed by atoms with Gasteiger partial charge in [-0.2, -0.15) is 0 Å². The number of hydrogen-bond acceptors (Lipinski definition) is 6. The van der Waals surface area contributed by atoms with E-state index >= 15 is 0 Å². The molecule has 0 bridgehead atoms. The zero-order valence-corrected chi connectivity index (χ0v) is 23.1. The summed E-state index contributed by atoms with van der Waals surface area (Å²) >= 11 is 0. The van der Waals surface area contributed by atoms with Gasteiger partial charge in [-0.3, -0.25) is 4.79 Å². The molecule has 0 aromatic heterocycles. The van der Waals surface area contributed by atoms with E-state index in [-0.39, 0.29) is 11.9 Å². The molecule has 0 amide bonds. The molecule has 0 aliphatic heterocycles. The predicted molar refractivity (Wildman–Crippen MR) is 149 cm³/mol. The number of ether oxygens (including phenoxy) is 4. The molecule has 0 spiro atoms. The van der Waals surface area contributed by atoms with Gasteiger partial charge in [-0.25, -0.2) is 4.79 Å². The lowest BCUT2D eigenvalue weighted by Gasteiger charge is -2.28. The van der Waals surface area contributed by atoms with Crippen molar-refractivity contribution in [1.82, 2.24) is 0 Å². The molecule has 1 aliphatic rings. The van der Waals surface area contributed by atoms with Crippen molar-refractivity contribution in [2.75, 3.05) is 26.4 Å². The second kappa shape index (κ2) is 16.9. The first-order chi connectivity index (χ1) is 18.6. The van der Waals surface area contributed by atoms with Crippen molar-refractivity contribution in [3.63, 3.8) is 0 Å². The molecule has 2 aromatic carbocycles. The summed E-state index contributed by atoms with van der Waals surface area (Å²) < 4.78 is 21.6. The lowest BCUT2D eigenvalue weighted by atomic mass is 9.77. The predicted octanol–water partition coefficient (Wildman–Crippen LogP) is 7.50. The standard InChI is InChI=1S/C32H44O6/c1-3-8-25-10-12-26(13-11-25)27-14-20-30(21-15-27)38-32(34)28-16-18-29(19-17-28)36-22-7-5-6-9-31(33)37-24-23-35-4-2/h14-21,25-26H,3-13,22-24H2,1-2H3. The zero-order valence-electron chi connectivity index (χ0n) is 23.1. The Morgan fingerprint density at radius 2 is 1.50 bits per heavy atom. The first-order valence-corrected chi connectivity index (χ1v) is 14.4. The molecule has 0 radical (unpaired) electrons. The highest BCUT2D eigenvalue weighted by Crippen LogP contribution is 2.37. The molecule has 0 N–H and O–H groups in total. The van der Waals surface area contributed by atoms with Crippen molar-refractivity contribution < 1.29 is 28.5 Å². The minimum atomic E-state index is -0.377. The maximum absolute atomic E-state index is 12.6. The van der Waals surface area contributed by atoms with E-state index in [1.165, 1.54) is 44.1 Å². The van der Waals surface area contributed by atoms with E-state index in [1.807, 2.05) is 19.1 Å². The van der Waals surface area contributed by atoms with Gasteiger partial charge < -0.3 is 18.9 Å². The maximum Gasteiger partial charge on any atom is 0.343 e. The summed E-state index contributed by atoms with van der Waals surface area (Å²) in [4.78, 5) is 24.2. The molecule has 1 aliphatic carbocycles. The number of esters is 2. The highest BCUT2D eigenvalue weighted by atomic mass is 16.6. The fraction of sp³-hybridized carbons (Fsp3) is 0.562. The molecule has 0 heterocycles. The number of rotatable bonds is 16. The topological polar surface area (TPSA) is 71.1 Å². The molecule has 1 fully saturated rings. The minimum absolute atomic E-state index is 0.186. The van der Waals surface area contributed by atoms with Crippen LogP contribution in [0.3, 0.4) is 0 Å². The number of carbonyl (C=O) groups is 2. The van der Waals surface area contributed by atoms with Crippen LogP contribution in [-0.2, 0) is 14.3 Å². The highest BCUT2D eigenvalue weighted by Gasteiger charge is 2.22. The smallest absolute Gasteiger partial charge is 0.343 e. The quantitative estimate of drug-likeness (QED) is 0.129. The summed E-state index contributed by atoms with van der Waals surface area (Å²) in [6.45, 7) is 6.11. The molecule has 208 valence electrons. The van der Waals surface area contributed by atoms with Crippen molar-refractivity contribution in [2.24, 2.45) is 5.92 Å². The van der Waals surface area contributed by atoms with Crippen LogP contribution >= 0.6 is 0 Å². The molecule has 0 atom stereocenters. The largest absolute Gasteiger partial charge is 0.494 e. The Hall–Kier alpha value is -2.86. The number of hydrogen-bond donors (Lipinski definition) is 0. The van der Waals surface area contributed by atoms with Gasteiger partial charge in [-0.15, -0.1) is 0 Å². The fourth-order valence-corrected chi connectivity index (χ4v) is 5.02. The third-order valence-electron chi connectivity index (χ3n) is 7.18. The normalized spacial score (nSPS) is 17.1. The lowest BCUT2D eigenvalue weighted by molar-refractivity contribution is -0.145. The van der Waals surface area contributed by atoms with Crippen LogP contribution in [0, 0.1) is 5.92 Å². The van der Waals surface area contributed by atoms with Crippen molar-refractivity contribution >= 4 is 11.9 Å². The monoisotopic (exact) mass is 524 g/mol. The molecule has 3 rings (SSSR count). The SMILES string of the molecule is CCCC1CCC(c2ccc(OC(=O)c3ccc(OCCCCCC(=O)OCCOCC)cc3)cc2)CC1. The number of benzene rings is 2. The maximum atomic E-state index is 12.6. The van der Waals surface area contributed by atoms with Gasteiger partial charge >= 0.3 is 11.9 Å². The van der Waals surface area contributed by atoms with Crippen LogP contribution in [-0.4, -0.2) is 38.4 Å². The average Bonchev–Trinajstić information content (AvgIpc) is 2.94. The summed E-state index contributed by atoms with van der Waals surface area (Å²) in [5.74, 6) is 2.22. The van der Waals surface area contributed by atoms with Gasteiger partial charge in [0.05, 0.1) is 18.8 Å². The van der Waals surface area contributed by atoms with Crippen LogP contribution in [0.5, 0.6) is 11.5 Å². The van der Waals surface area contributed by atoms with Gasteiger partial charge in [0.1, 0.15) is 18.1 Å². The molecule has 6 nitrogen and oxygen atoms in total. The Kier molecular flexibility index (Phi) is 13.2.